The van der Waals surface area contributed by atoms with E-state index in [4.69, 9.17) is 10.0 Å². The van der Waals surface area contributed by atoms with Crippen LogP contribution in [0.4, 0.5) is 11.4 Å². The minimum absolute atomic E-state index is 0.489. The van der Waals surface area contributed by atoms with E-state index in [1.165, 1.54) is 0 Å². The SMILES string of the molecule is CN(c1ccc(Br)cc1)c1ccc(B(O)O)cc1. The third-order valence-electron chi connectivity index (χ3n) is 2.79. The van der Waals surface area contributed by atoms with Crippen LogP contribution < -0.4 is 10.4 Å². The Hall–Kier alpha value is -1.30. The summed E-state index contributed by atoms with van der Waals surface area (Å²) < 4.78 is 1.04. The fourth-order valence-corrected chi connectivity index (χ4v) is 1.95. The fraction of sp³-hybridized carbons (Fsp3) is 0.0769. The molecule has 3 nitrogen and oxygen atoms in total. The highest BCUT2D eigenvalue weighted by Crippen LogP contribution is 2.24. The first-order chi connectivity index (χ1) is 8.58. The maximum absolute atomic E-state index is 9.04. The number of rotatable bonds is 3. The van der Waals surface area contributed by atoms with E-state index < -0.39 is 7.12 Å². The molecular weight excluding hydrogens is 293 g/mol. The van der Waals surface area contributed by atoms with Crippen LogP contribution in [0.3, 0.4) is 0 Å². The molecule has 0 aliphatic heterocycles. The van der Waals surface area contributed by atoms with E-state index in [0.717, 1.165) is 15.8 Å². The van der Waals surface area contributed by atoms with Crippen LogP contribution in [-0.2, 0) is 0 Å². The Bertz CT molecular complexity index is 514. The molecular formula is C13H13BBrNO2. The molecule has 0 aromatic heterocycles. The largest absolute Gasteiger partial charge is 0.488 e. The van der Waals surface area contributed by atoms with Crippen LogP contribution >= 0.6 is 15.9 Å². The normalized spacial score (nSPS) is 10.2. The van der Waals surface area contributed by atoms with Gasteiger partial charge in [-0.15, -0.1) is 0 Å². The molecule has 5 heteroatoms. The average Bonchev–Trinajstić information content (AvgIpc) is 2.39. The molecule has 0 saturated heterocycles. The first-order valence-corrected chi connectivity index (χ1v) is 6.32. The molecule has 0 atom stereocenters. The van der Waals surface area contributed by atoms with Crippen LogP contribution in [0, 0.1) is 0 Å². The summed E-state index contributed by atoms with van der Waals surface area (Å²) in [6.45, 7) is 0. The molecule has 0 radical (unpaired) electrons. The van der Waals surface area contributed by atoms with Crippen molar-refractivity contribution in [2.75, 3.05) is 11.9 Å². The van der Waals surface area contributed by atoms with Gasteiger partial charge < -0.3 is 14.9 Å². The summed E-state index contributed by atoms with van der Waals surface area (Å²) in [5, 5.41) is 18.1. The monoisotopic (exact) mass is 305 g/mol. The van der Waals surface area contributed by atoms with Gasteiger partial charge in [-0.2, -0.15) is 0 Å². The van der Waals surface area contributed by atoms with Crippen molar-refractivity contribution in [3.8, 4) is 0 Å². The van der Waals surface area contributed by atoms with Crippen LogP contribution in [0.2, 0.25) is 0 Å². The van der Waals surface area contributed by atoms with Crippen molar-refractivity contribution in [3.63, 3.8) is 0 Å². The van der Waals surface area contributed by atoms with Gasteiger partial charge in [-0.1, -0.05) is 28.1 Å². The van der Waals surface area contributed by atoms with Gasteiger partial charge in [0.05, 0.1) is 0 Å². The quantitative estimate of drug-likeness (QED) is 0.851. The van der Waals surface area contributed by atoms with E-state index in [2.05, 4.69) is 15.9 Å². The molecule has 0 amide bonds. The topological polar surface area (TPSA) is 43.7 Å². The average molecular weight is 306 g/mol. The first kappa shape index (κ1) is 13.1. The molecule has 0 aliphatic rings. The van der Waals surface area contributed by atoms with Crippen molar-refractivity contribution >= 4 is 39.9 Å². The summed E-state index contributed by atoms with van der Waals surface area (Å²) in [6, 6.07) is 15.1. The Kier molecular flexibility index (Phi) is 4.06. The minimum Gasteiger partial charge on any atom is -0.423 e. The second kappa shape index (κ2) is 5.56. The van der Waals surface area contributed by atoms with Crippen LogP contribution in [0.5, 0.6) is 0 Å². The van der Waals surface area contributed by atoms with E-state index in [9.17, 15) is 0 Å². The van der Waals surface area contributed by atoms with Gasteiger partial charge in [0.25, 0.3) is 0 Å². The zero-order valence-electron chi connectivity index (χ0n) is 9.92. The van der Waals surface area contributed by atoms with E-state index in [-0.39, 0.29) is 0 Å². The van der Waals surface area contributed by atoms with E-state index in [0.29, 0.717) is 5.46 Å². The second-order valence-electron chi connectivity index (χ2n) is 4.00. The molecule has 0 heterocycles. The molecule has 2 aromatic rings. The summed E-state index contributed by atoms with van der Waals surface area (Å²) >= 11 is 3.40. The van der Waals surface area contributed by atoms with Crippen molar-refractivity contribution in [1.82, 2.24) is 0 Å². The summed E-state index contributed by atoms with van der Waals surface area (Å²) in [6.07, 6.45) is 0. The maximum Gasteiger partial charge on any atom is 0.488 e. The third-order valence-corrected chi connectivity index (χ3v) is 3.32. The summed E-state index contributed by atoms with van der Waals surface area (Å²) in [5.41, 5.74) is 2.54. The predicted molar refractivity (Wildman–Crippen MR) is 78.5 cm³/mol. The number of halogens is 1. The van der Waals surface area contributed by atoms with Crippen molar-refractivity contribution < 1.29 is 10.0 Å². The van der Waals surface area contributed by atoms with Gasteiger partial charge in [0, 0.05) is 22.9 Å². The number of hydrogen-bond donors (Lipinski definition) is 2. The predicted octanol–water partition coefficient (Wildman–Crippen LogP) is 1.90. The standard InChI is InChI=1S/C13H13BBrNO2/c1-16(13-8-4-11(15)5-9-13)12-6-2-10(3-7-12)14(17)18/h2-9,17-18H,1H3. The number of hydrogen-bond acceptors (Lipinski definition) is 3. The zero-order valence-corrected chi connectivity index (χ0v) is 11.5. The summed E-state index contributed by atoms with van der Waals surface area (Å²) in [4.78, 5) is 2.03. The number of anilines is 2. The smallest absolute Gasteiger partial charge is 0.423 e. The molecule has 2 aromatic carbocycles. The van der Waals surface area contributed by atoms with E-state index >= 15 is 0 Å². The molecule has 18 heavy (non-hydrogen) atoms. The van der Waals surface area contributed by atoms with Gasteiger partial charge in [0.2, 0.25) is 0 Å². The minimum atomic E-state index is -1.42. The van der Waals surface area contributed by atoms with E-state index in [1.807, 2.05) is 48.3 Å². The fourth-order valence-electron chi connectivity index (χ4n) is 1.68. The molecule has 0 fully saturated rings. The van der Waals surface area contributed by atoms with Crippen molar-refractivity contribution in [1.29, 1.82) is 0 Å². The van der Waals surface area contributed by atoms with Gasteiger partial charge in [0.15, 0.2) is 0 Å². The van der Waals surface area contributed by atoms with Gasteiger partial charge in [-0.05, 0) is 41.9 Å². The third kappa shape index (κ3) is 2.93. The lowest BCUT2D eigenvalue weighted by Crippen LogP contribution is -2.29. The van der Waals surface area contributed by atoms with Crippen LogP contribution in [-0.4, -0.2) is 24.2 Å². The van der Waals surface area contributed by atoms with Gasteiger partial charge in [-0.25, -0.2) is 0 Å². The maximum atomic E-state index is 9.04. The zero-order chi connectivity index (χ0) is 13.1. The molecule has 92 valence electrons. The Morgan fingerprint density at radius 1 is 0.889 bits per heavy atom. The highest BCUT2D eigenvalue weighted by atomic mass is 79.9. The van der Waals surface area contributed by atoms with Gasteiger partial charge >= 0.3 is 7.12 Å². The number of benzene rings is 2. The Labute approximate surface area is 115 Å². The highest BCUT2D eigenvalue weighted by molar-refractivity contribution is 9.10. The van der Waals surface area contributed by atoms with Crippen molar-refractivity contribution in [2.24, 2.45) is 0 Å². The van der Waals surface area contributed by atoms with E-state index in [1.54, 1.807) is 12.1 Å². The molecule has 0 aliphatic carbocycles. The Balaban J connectivity index is 2.23. The Morgan fingerprint density at radius 2 is 1.33 bits per heavy atom. The lowest BCUT2D eigenvalue weighted by molar-refractivity contribution is 0.426. The lowest BCUT2D eigenvalue weighted by atomic mass is 9.80. The summed E-state index contributed by atoms with van der Waals surface area (Å²) in [5.74, 6) is 0. The lowest BCUT2D eigenvalue weighted by Gasteiger charge is -2.19. The van der Waals surface area contributed by atoms with Crippen molar-refractivity contribution in [2.45, 2.75) is 0 Å². The Morgan fingerprint density at radius 3 is 1.78 bits per heavy atom. The molecule has 2 rings (SSSR count). The molecule has 0 spiro atoms. The summed E-state index contributed by atoms with van der Waals surface area (Å²) in [7, 11) is 0.546. The number of nitrogens with zero attached hydrogens (tertiary/aromatic N) is 1. The molecule has 0 saturated carbocycles. The van der Waals surface area contributed by atoms with Crippen LogP contribution in [0.1, 0.15) is 0 Å². The first-order valence-electron chi connectivity index (χ1n) is 5.53. The highest BCUT2D eigenvalue weighted by Gasteiger charge is 2.11. The van der Waals surface area contributed by atoms with Gasteiger partial charge in [0.1, 0.15) is 0 Å². The van der Waals surface area contributed by atoms with Crippen LogP contribution in [0.15, 0.2) is 53.0 Å². The molecule has 2 N–H and O–H groups in total. The molecule has 0 bridgehead atoms. The van der Waals surface area contributed by atoms with Gasteiger partial charge in [-0.3, -0.25) is 0 Å². The van der Waals surface area contributed by atoms with Crippen LogP contribution in [0.25, 0.3) is 0 Å². The van der Waals surface area contributed by atoms with Crippen molar-refractivity contribution in [3.05, 3.63) is 53.0 Å². The molecule has 0 unspecified atom stereocenters. The second-order valence-corrected chi connectivity index (χ2v) is 4.92.